The van der Waals surface area contributed by atoms with E-state index in [4.69, 9.17) is 15.0 Å². The average molecular weight is 740 g/mol. The van der Waals surface area contributed by atoms with Gasteiger partial charge in [0.2, 0.25) is 0 Å². The Morgan fingerprint density at radius 2 is 0.845 bits per heavy atom. The second-order valence-corrected chi connectivity index (χ2v) is 14.8. The van der Waals surface area contributed by atoms with E-state index < -0.39 is 0 Å². The number of aromatic nitrogens is 5. The molecule has 5 nitrogen and oxygen atoms in total. The van der Waals surface area contributed by atoms with E-state index in [-0.39, 0.29) is 0 Å². The van der Waals surface area contributed by atoms with Crippen LogP contribution >= 0.6 is 0 Å². The molecule has 12 rings (SSSR count). The van der Waals surface area contributed by atoms with Crippen molar-refractivity contribution in [2.24, 2.45) is 0 Å². The van der Waals surface area contributed by atoms with Crippen molar-refractivity contribution in [3.05, 3.63) is 200 Å². The molecule has 5 heteroatoms. The molecule has 0 radical (unpaired) electrons. The third-order valence-electron chi connectivity index (χ3n) is 11.5. The molecule has 58 heavy (non-hydrogen) atoms. The fraction of sp³-hybridized carbons (Fsp3) is 0. The fourth-order valence-electron chi connectivity index (χ4n) is 8.89. The largest absolute Gasteiger partial charge is 0.309 e. The number of benzene rings is 9. The summed E-state index contributed by atoms with van der Waals surface area (Å²) in [4.78, 5) is 14.8. The first-order valence-corrected chi connectivity index (χ1v) is 19.6. The molecule has 0 spiro atoms. The summed E-state index contributed by atoms with van der Waals surface area (Å²) in [6, 6.07) is 71.0. The second-order valence-electron chi connectivity index (χ2n) is 14.8. The van der Waals surface area contributed by atoms with Gasteiger partial charge in [-0.1, -0.05) is 140 Å². The summed E-state index contributed by atoms with van der Waals surface area (Å²) in [5.74, 6) is 1.94. The monoisotopic (exact) mass is 739 g/mol. The molecule has 3 heterocycles. The molecule has 0 saturated heterocycles. The lowest BCUT2D eigenvalue weighted by Gasteiger charge is -2.13. The minimum Gasteiger partial charge on any atom is -0.309 e. The number of hydrogen-bond donors (Lipinski definition) is 0. The molecule has 12 aromatic rings. The summed E-state index contributed by atoms with van der Waals surface area (Å²) < 4.78 is 4.84. The highest BCUT2D eigenvalue weighted by Crippen LogP contribution is 2.41. The van der Waals surface area contributed by atoms with Crippen molar-refractivity contribution in [1.29, 1.82) is 0 Å². The van der Waals surface area contributed by atoms with E-state index in [1.165, 1.54) is 59.8 Å². The van der Waals surface area contributed by atoms with Crippen molar-refractivity contribution >= 4 is 65.2 Å². The van der Waals surface area contributed by atoms with Crippen LogP contribution in [0.3, 0.4) is 0 Å². The third kappa shape index (κ3) is 5.00. The lowest BCUT2D eigenvalue weighted by Crippen LogP contribution is -2.00. The minimum absolute atomic E-state index is 0.637. The van der Waals surface area contributed by atoms with Crippen LogP contribution in [0.15, 0.2) is 200 Å². The standard InChI is InChI=1S/C53H33N5/c1-3-15-35(16-4-1)51-54-52(36-17-5-2-6-18-36)56-53(55-51)37-26-29-39(30-27-37)57-45-23-11-9-21-41(45)44-33-43-38(32-49(44)57)19-13-25-47(43)58-46-24-12-10-22-42(46)50-40-20-8-7-14-34(40)28-31-48(50)58/h1-33H. The zero-order valence-electron chi connectivity index (χ0n) is 31.3. The van der Waals surface area contributed by atoms with E-state index in [1.54, 1.807) is 0 Å². The van der Waals surface area contributed by atoms with Gasteiger partial charge in [0.15, 0.2) is 17.5 Å². The summed E-state index contributed by atoms with van der Waals surface area (Å²) in [6.45, 7) is 0. The molecule has 0 N–H and O–H groups in total. The van der Waals surface area contributed by atoms with Crippen molar-refractivity contribution in [2.45, 2.75) is 0 Å². The highest BCUT2D eigenvalue weighted by molar-refractivity contribution is 6.22. The lowest BCUT2D eigenvalue weighted by atomic mass is 10.0. The van der Waals surface area contributed by atoms with Gasteiger partial charge in [-0.25, -0.2) is 15.0 Å². The zero-order valence-corrected chi connectivity index (χ0v) is 31.3. The number of nitrogens with zero attached hydrogens (tertiary/aromatic N) is 5. The Morgan fingerprint density at radius 3 is 1.53 bits per heavy atom. The van der Waals surface area contributed by atoms with Crippen LogP contribution in [0.25, 0.3) is 111 Å². The Morgan fingerprint density at radius 1 is 0.293 bits per heavy atom. The topological polar surface area (TPSA) is 48.5 Å². The first kappa shape index (κ1) is 32.4. The predicted octanol–water partition coefficient (Wildman–Crippen LogP) is 13.4. The van der Waals surface area contributed by atoms with E-state index in [1.807, 2.05) is 60.7 Å². The predicted molar refractivity (Wildman–Crippen MR) is 240 cm³/mol. The molecule has 0 fully saturated rings. The number of fused-ring (bicyclic) bond motifs is 9. The van der Waals surface area contributed by atoms with E-state index in [0.29, 0.717) is 17.5 Å². The Labute approximate surface area is 333 Å². The quantitative estimate of drug-likeness (QED) is 0.177. The third-order valence-corrected chi connectivity index (χ3v) is 11.5. The maximum absolute atomic E-state index is 4.98. The van der Waals surface area contributed by atoms with Crippen LogP contribution in [-0.2, 0) is 0 Å². The van der Waals surface area contributed by atoms with Crippen LogP contribution in [0.4, 0.5) is 0 Å². The van der Waals surface area contributed by atoms with Crippen molar-refractivity contribution in [3.63, 3.8) is 0 Å². The van der Waals surface area contributed by atoms with Crippen LogP contribution in [0.1, 0.15) is 0 Å². The number of hydrogen-bond acceptors (Lipinski definition) is 3. The van der Waals surface area contributed by atoms with Gasteiger partial charge in [0.05, 0.1) is 27.8 Å². The molecular formula is C53H33N5. The van der Waals surface area contributed by atoms with E-state index in [9.17, 15) is 0 Å². The molecule has 0 amide bonds. The van der Waals surface area contributed by atoms with Gasteiger partial charge in [-0.2, -0.15) is 0 Å². The summed E-state index contributed by atoms with van der Waals surface area (Å²) in [7, 11) is 0. The molecular weight excluding hydrogens is 707 g/mol. The molecule has 9 aromatic carbocycles. The minimum atomic E-state index is 0.637. The summed E-state index contributed by atoms with van der Waals surface area (Å²) in [5.41, 5.74) is 9.79. The van der Waals surface area contributed by atoms with Crippen molar-refractivity contribution in [3.8, 4) is 45.5 Å². The number of para-hydroxylation sites is 2. The number of rotatable bonds is 5. The van der Waals surface area contributed by atoms with E-state index in [2.05, 4.69) is 149 Å². The molecule has 3 aromatic heterocycles. The first-order valence-electron chi connectivity index (χ1n) is 19.6. The Bertz CT molecular complexity index is 3490. The molecule has 0 atom stereocenters. The van der Waals surface area contributed by atoms with Gasteiger partial charge in [-0.05, 0) is 76.8 Å². The smallest absolute Gasteiger partial charge is 0.164 e. The van der Waals surface area contributed by atoms with Crippen LogP contribution in [-0.4, -0.2) is 24.1 Å². The molecule has 0 saturated carbocycles. The van der Waals surface area contributed by atoms with Gasteiger partial charge in [0, 0.05) is 49.3 Å². The van der Waals surface area contributed by atoms with Crippen molar-refractivity contribution in [1.82, 2.24) is 24.1 Å². The Hall–Kier alpha value is -7.89. The summed E-state index contributed by atoms with van der Waals surface area (Å²) >= 11 is 0. The summed E-state index contributed by atoms with van der Waals surface area (Å²) in [5, 5.41) is 9.89. The second kappa shape index (κ2) is 12.8. The zero-order chi connectivity index (χ0) is 38.2. The van der Waals surface area contributed by atoms with Gasteiger partial charge < -0.3 is 9.13 Å². The van der Waals surface area contributed by atoms with Gasteiger partial charge in [-0.15, -0.1) is 0 Å². The van der Waals surface area contributed by atoms with Crippen LogP contribution in [0.5, 0.6) is 0 Å². The van der Waals surface area contributed by atoms with Crippen LogP contribution in [0.2, 0.25) is 0 Å². The molecule has 0 aliphatic heterocycles. The molecule has 0 aliphatic rings. The Balaban J connectivity index is 1.03. The van der Waals surface area contributed by atoms with Gasteiger partial charge >= 0.3 is 0 Å². The van der Waals surface area contributed by atoms with Gasteiger partial charge in [0.25, 0.3) is 0 Å². The molecule has 270 valence electrons. The fourth-order valence-corrected chi connectivity index (χ4v) is 8.89. The van der Waals surface area contributed by atoms with E-state index in [0.717, 1.165) is 33.4 Å². The van der Waals surface area contributed by atoms with Gasteiger partial charge in [-0.3, -0.25) is 0 Å². The van der Waals surface area contributed by atoms with Crippen molar-refractivity contribution < 1.29 is 0 Å². The lowest BCUT2D eigenvalue weighted by molar-refractivity contribution is 1.07. The first-order chi connectivity index (χ1) is 28.8. The highest BCUT2D eigenvalue weighted by atomic mass is 15.0. The average Bonchev–Trinajstić information content (AvgIpc) is 3.81. The molecule has 0 aliphatic carbocycles. The van der Waals surface area contributed by atoms with Crippen LogP contribution < -0.4 is 0 Å². The highest BCUT2D eigenvalue weighted by Gasteiger charge is 2.19. The normalized spacial score (nSPS) is 11.8. The maximum Gasteiger partial charge on any atom is 0.164 e. The van der Waals surface area contributed by atoms with E-state index >= 15 is 0 Å². The Kier molecular flexibility index (Phi) is 7.16. The summed E-state index contributed by atoms with van der Waals surface area (Å²) in [6.07, 6.45) is 0. The van der Waals surface area contributed by atoms with Crippen molar-refractivity contribution in [2.75, 3.05) is 0 Å². The van der Waals surface area contributed by atoms with Crippen LogP contribution in [0, 0.1) is 0 Å². The SMILES string of the molecule is c1ccc(-c2nc(-c3ccccc3)nc(-c3ccc(-n4c5ccccc5c5cc6c(-n7c8ccccc8c8c9ccccc9ccc87)cccc6cc54)cc3)n2)cc1. The molecule has 0 bridgehead atoms. The molecule has 0 unspecified atom stereocenters. The maximum atomic E-state index is 4.98. The van der Waals surface area contributed by atoms with Gasteiger partial charge in [0.1, 0.15) is 0 Å².